The zero-order chi connectivity index (χ0) is 20.2. The highest BCUT2D eigenvalue weighted by Crippen LogP contribution is 2.29. The number of aryl methyl sites for hydroxylation is 1. The van der Waals surface area contributed by atoms with E-state index >= 15 is 0 Å². The molecule has 2 aliphatic rings. The number of benzene rings is 1. The van der Waals surface area contributed by atoms with Gasteiger partial charge in [0.2, 0.25) is 0 Å². The molecule has 6 rings (SSSR count). The van der Waals surface area contributed by atoms with Crippen molar-refractivity contribution in [3.05, 3.63) is 64.8 Å². The number of rotatable bonds is 2. The first kappa shape index (κ1) is 17.7. The number of imidazole rings is 1. The SMILES string of the molecule is Cc1ccn2cc(-c3cc4ccc(N5CCN6CCC[C@H]6C5)cc4oc3=O)nc2c1. The molecule has 1 atom stereocenters. The Hall–Kier alpha value is -3.12. The van der Waals surface area contributed by atoms with Crippen LogP contribution in [0.1, 0.15) is 18.4 Å². The standard InChI is InChI=1S/C24H24N4O2/c1-16-6-8-28-15-21(25-23(28)11-16)20-12-17-4-5-18(13-22(17)30-24(20)29)27-10-9-26-7-2-3-19(26)14-27/h4-6,8,11-13,15,19H,2-3,7,9-10,14H2,1H3/t19-/m0/s1. The van der Waals surface area contributed by atoms with Crippen molar-refractivity contribution in [1.29, 1.82) is 0 Å². The number of aromatic nitrogens is 2. The smallest absolute Gasteiger partial charge is 0.345 e. The molecule has 3 aromatic heterocycles. The molecule has 152 valence electrons. The van der Waals surface area contributed by atoms with Gasteiger partial charge in [-0.25, -0.2) is 9.78 Å². The molecular formula is C24H24N4O2. The molecule has 4 aromatic rings. The predicted molar refractivity (Wildman–Crippen MR) is 118 cm³/mol. The van der Waals surface area contributed by atoms with Crippen molar-refractivity contribution in [2.45, 2.75) is 25.8 Å². The molecule has 0 aliphatic carbocycles. The molecule has 0 bridgehead atoms. The third-order valence-electron chi connectivity index (χ3n) is 6.56. The van der Waals surface area contributed by atoms with Gasteiger partial charge in [0.25, 0.3) is 0 Å². The molecule has 6 heteroatoms. The van der Waals surface area contributed by atoms with Crippen molar-refractivity contribution in [2.24, 2.45) is 0 Å². The highest BCUT2D eigenvalue weighted by Gasteiger charge is 2.30. The second kappa shape index (κ2) is 6.71. The average Bonchev–Trinajstić information content (AvgIpc) is 3.38. The van der Waals surface area contributed by atoms with Crippen molar-refractivity contribution in [1.82, 2.24) is 14.3 Å². The Bertz CT molecular complexity index is 1320. The van der Waals surface area contributed by atoms with Crippen LogP contribution in [-0.2, 0) is 0 Å². The third-order valence-corrected chi connectivity index (χ3v) is 6.56. The second-order valence-corrected chi connectivity index (χ2v) is 8.54. The summed E-state index contributed by atoms with van der Waals surface area (Å²) in [5.41, 5.74) is 4.51. The molecule has 0 amide bonds. The van der Waals surface area contributed by atoms with E-state index in [1.54, 1.807) is 0 Å². The number of anilines is 1. The van der Waals surface area contributed by atoms with Gasteiger partial charge in [-0.15, -0.1) is 0 Å². The number of nitrogens with zero attached hydrogens (tertiary/aromatic N) is 4. The van der Waals surface area contributed by atoms with E-state index in [0.29, 0.717) is 22.9 Å². The molecular weight excluding hydrogens is 376 g/mol. The molecule has 0 spiro atoms. The second-order valence-electron chi connectivity index (χ2n) is 8.54. The molecule has 0 unspecified atom stereocenters. The summed E-state index contributed by atoms with van der Waals surface area (Å²) in [6.45, 7) is 6.44. The van der Waals surface area contributed by atoms with Gasteiger partial charge in [-0.1, -0.05) is 0 Å². The van der Waals surface area contributed by atoms with Gasteiger partial charge >= 0.3 is 5.63 Å². The minimum atomic E-state index is -0.347. The van der Waals surface area contributed by atoms with Crippen LogP contribution in [0.25, 0.3) is 27.9 Å². The summed E-state index contributed by atoms with van der Waals surface area (Å²) in [4.78, 5) is 22.4. The molecule has 0 N–H and O–H groups in total. The molecule has 5 heterocycles. The molecule has 6 nitrogen and oxygen atoms in total. The Labute approximate surface area is 174 Å². The Balaban J connectivity index is 1.36. The molecule has 0 radical (unpaired) electrons. The van der Waals surface area contributed by atoms with Crippen LogP contribution in [0.4, 0.5) is 5.69 Å². The third kappa shape index (κ3) is 2.91. The summed E-state index contributed by atoms with van der Waals surface area (Å²) in [6.07, 6.45) is 6.42. The van der Waals surface area contributed by atoms with E-state index in [0.717, 1.165) is 41.9 Å². The lowest BCUT2D eigenvalue weighted by Gasteiger charge is -2.38. The minimum absolute atomic E-state index is 0.347. The van der Waals surface area contributed by atoms with Gasteiger partial charge in [-0.2, -0.15) is 0 Å². The van der Waals surface area contributed by atoms with Crippen molar-refractivity contribution in [3.63, 3.8) is 0 Å². The average molecular weight is 400 g/mol. The molecule has 0 saturated carbocycles. The van der Waals surface area contributed by atoms with Crippen LogP contribution in [0, 0.1) is 6.92 Å². The van der Waals surface area contributed by atoms with Crippen LogP contribution in [0.15, 0.2) is 58.0 Å². The number of hydrogen-bond acceptors (Lipinski definition) is 5. The predicted octanol–water partition coefficient (Wildman–Crippen LogP) is 3.70. The van der Waals surface area contributed by atoms with Crippen molar-refractivity contribution < 1.29 is 4.42 Å². The summed E-state index contributed by atoms with van der Waals surface area (Å²) >= 11 is 0. The van der Waals surface area contributed by atoms with E-state index in [-0.39, 0.29) is 5.63 Å². The van der Waals surface area contributed by atoms with E-state index < -0.39 is 0 Å². The maximum absolute atomic E-state index is 12.8. The Morgan fingerprint density at radius 3 is 2.97 bits per heavy atom. The molecule has 2 fully saturated rings. The van der Waals surface area contributed by atoms with Crippen molar-refractivity contribution in [3.8, 4) is 11.3 Å². The summed E-state index contributed by atoms with van der Waals surface area (Å²) in [5.74, 6) is 0. The number of fused-ring (bicyclic) bond motifs is 3. The van der Waals surface area contributed by atoms with Crippen LogP contribution < -0.4 is 10.5 Å². The van der Waals surface area contributed by atoms with Gasteiger partial charge in [-0.05, 0) is 62.2 Å². The van der Waals surface area contributed by atoms with Gasteiger partial charge < -0.3 is 13.7 Å². The lowest BCUT2D eigenvalue weighted by atomic mass is 10.1. The lowest BCUT2D eigenvalue weighted by Crippen LogP contribution is -2.50. The van der Waals surface area contributed by atoms with Crippen molar-refractivity contribution in [2.75, 3.05) is 31.1 Å². The molecule has 2 aliphatic heterocycles. The fourth-order valence-electron chi connectivity index (χ4n) is 4.91. The first-order valence-corrected chi connectivity index (χ1v) is 10.7. The van der Waals surface area contributed by atoms with Crippen molar-refractivity contribution >= 4 is 22.3 Å². The van der Waals surface area contributed by atoms with E-state index in [2.05, 4.69) is 26.9 Å². The summed E-state index contributed by atoms with van der Waals surface area (Å²) in [5, 5.41) is 0.918. The largest absolute Gasteiger partial charge is 0.422 e. The zero-order valence-corrected chi connectivity index (χ0v) is 17.0. The van der Waals surface area contributed by atoms with Gasteiger partial charge in [0.15, 0.2) is 0 Å². The summed E-state index contributed by atoms with van der Waals surface area (Å²) in [7, 11) is 0. The summed E-state index contributed by atoms with van der Waals surface area (Å²) in [6, 6.07) is 12.8. The minimum Gasteiger partial charge on any atom is -0.422 e. The van der Waals surface area contributed by atoms with E-state index in [1.165, 1.54) is 19.4 Å². The van der Waals surface area contributed by atoms with E-state index in [1.807, 2.05) is 48.0 Å². The van der Waals surface area contributed by atoms with Crippen LogP contribution in [-0.4, -0.2) is 46.5 Å². The highest BCUT2D eigenvalue weighted by molar-refractivity contribution is 5.84. The van der Waals surface area contributed by atoms with Gasteiger partial charge in [-0.3, -0.25) is 4.90 Å². The van der Waals surface area contributed by atoms with E-state index in [4.69, 9.17) is 4.42 Å². The fourth-order valence-corrected chi connectivity index (χ4v) is 4.91. The number of pyridine rings is 1. The first-order chi connectivity index (χ1) is 14.6. The monoisotopic (exact) mass is 400 g/mol. The quantitative estimate of drug-likeness (QED) is 0.480. The van der Waals surface area contributed by atoms with Crippen LogP contribution in [0.3, 0.4) is 0 Å². The Kier molecular flexibility index (Phi) is 3.96. The zero-order valence-electron chi connectivity index (χ0n) is 17.0. The number of hydrogen-bond donors (Lipinski definition) is 0. The number of piperazine rings is 1. The van der Waals surface area contributed by atoms with Gasteiger partial charge in [0, 0.05) is 55.2 Å². The van der Waals surface area contributed by atoms with Crippen LogP contribution in [0.2, 0.25) is 0 Å². The fraction of sp³-hybridized carbons (Fsp3) is 0.333. The van der Waals surface area contributed by atoms with Crippen LogP contribution >= 0.6 is 0 Å². The maximum atomic E-state index is 12.8. The normalized spacial score (nSPS) is 19.6. The van der Waals surface area contributed by atoms with E-state index in [9.17, 15) is 4.79 Å². The highest BCUT2D eigenvalue weighted by atomic mass is 16.4. The van der Waals surface area contributed by atoms with Gasteiger partial charge in [0.05, 0.1) is 11.3 Å². The van der Waals surface area contributed by atoms with Gasteiger partial charge in [0.1, 0.15) is 11.2 Å². The molecule has 30 heavy (non-hydrogen) atoms. The maximum Gasteiger partial charge on any atom is 0.345 e. The Morgan fingerprint density at radius 1 is 1.10 bits per heavy atom. The topological polar surface area (TPSA) is 54.0 Å². The lowest BCUT2D eigenvalue weighted by molar-refractivity contribution is 0.231. The first-order valence-electron chi connectivity index (χ1n) is 10.7. The molecule has 1 aromatic carbocycles. The van der Waals surface area contributed by atoms with Crippen LogP contribution in [0.5, 0.6) is 0 Å². The molecule has 2 saturated heterocycles. The summed E-state index contributed by atoms with van der Waals surface area (Å²) < 4.78 is 7.67. The Morgan fingerprint density at radius 2 is 2.03 bits per heavy atom.